The number of benzene rings is 2. The molecule has 32 heavy (non-hydrogen) atoms. The summed E-state index contributed by atoms with van der Waals surface area (Å²) >= 11 is 11.8. The Hall–Kier alpha value is -3.76. The van der Waals surface area contributed by atoms with Crippen LogP contribution in [0.3, 0.4) is 0 Å². The van der Waals surface area contributed by atoms with E-state index in [4.69, 9.17) is 33.7 Å². The molecule has 0 unspecified atom stereocenters. The summed E-state index contributed by atoms with van der Waals surface area (Å²) in [4.78, 5) is 32.3. The standard InChI is InChI=1S/C20H19Cl2N7O3/c1-11-4-2-3-5-13(11)20(31)29-28-19-17(23)18(24-10-25-19)27-26-16(30)9-32-15-7-6-12(21)8-14(15)22/h2-8,10H,9,23H2,1H3,(H,26,30)(H,29,31)(H2,24,25,27,28). The quantitative estimate of drug-likeness (QED) is 0.312. The number of hydrogen-bond acceptors (Lipinski definition) is 8. The number of halogens is 2. The maximum atomic E-state index is 12.3. The molecule has 10 nitrogen and oxygen atoms in total. The Kier molecular flexibility index (Phi) is 7.53. The number of anilines is 3. The van der Waals surface area contributed by atoms with Crippen molar-refractivity contribution in [2.45, 2.75) is 6.92 Å². The first-order valence-corrected chi connectivity index (χ1v) is 9.96. The SMILES string of the molecule is Cc1ccccc1C(=O)NNc1ncnc(NNC(=O)COc2ccc(Cl)cc2Cl)c1N. The normalized spacial score (nSPS) is 10.2. The number of ether oxygens (including phenoxy) is 1. The van der Waals surface area contributed by atoms with Crippen LogP contribution in [0, 0.1) is 6.92 Å². The number of nitrogens with two attached hydrogens (primary N) is 1. The number of aryl methyl sites for hydroxylation is 1. The molecule has 0 aliphatic carbocycles. The predicted octanol–water partition coefficient (Wildman–Crippen LogP) is 2.95. The number of nitrogens with one attached hydrogen (secondary N) is 4. The van der Waals surface area contributed by atoms with Crippen LogP contribution in [-0.2, 0) is 4.79 Å². The lowest BCUT2D eigenvalue weighted by Gasteiger charge is -2.14. The van der Waals surface area contributed by atoms with E-state index in [2.05, 4.69) is 31.7 Å². The lowest BCUT2D eigenvalue weighted by molar-refractivity contribution is -0.122. The first-order valence-electron chi connectivity index (χ1n) is 9.20. The van der Waals surface area contributed by atoms with Crippen molar-refractivity contribution >= 4 is 52.3 Å². The number of carbonyl (C=O) groups excluding carboxylic acids is 2. The molecule has 3 aromatic rings. The Balaban J connectivity index is 1.54. The zero-order valence-electron chi connectivity index (χ0n) is 16.8. The second-order valence-electron chi connectivity index (χ2n) is 6.42. The Morgan fingerprint density at radius 3 is 2.41 bits per heavy atom. The zero-order valence-corrected chi connectivity index (χ0v) is 18.3. The monoisotopic (exact) mass is 475 g/mol. The van der Waals surface area contributed by atoms with Gasteiger partial charge in [-0.15, -0.1) is 0 Å². The Labute approximate surface area is 193 Å². The molecule has 2 amide bonds. The maximum absolute atomic E-state index is 12.3. The van der Waals surface area contributed by atoms with E-state index < -0.39 is 5.91 Å². The van der Waals surface area contributed by atoms with Gasteiger partial charge in [0.2, 0.25) is 0 Å². The third kappa shape index (κ3) is 5.90. The van der Waals surface area contributed by atoms with Crippen molar-refractivity contribution in [3.05, 3.63) is 70.0 Å². The predicted molar refractivity (Wildman–Crippen MR) is 122 cm³/mol. The fourth-order valence-electron chi connectivity index (χ4n) is 2.51. The highest BCUT2D eigenvalue weighted by molar-refractivity contribution is 6.35. The lowest BCUT2D eigenvalue weighted by Crippen LogP contribution is -2.35. The van der Waals surface area contributed by atoms with Crippen LogP contribution in [0.15, 0.2) is 48.8 Å². The van der Waals surface area contributed by atoms with Crippen LogP contribution in [0.25, 0.3) is 0 Å². The summed E-state index contributed by atoms with van der Waals surface area (Å²) in [7, 11) is 0. The average molecular weight is 476 g/mol. The van der Waals surface area contributed by atoms with Gasteiger partial charge >= 0.3 is 0 Å². The molecule has 6 N–H and O–H groups in total. The largest absolute Gasteiger partial charge is 0.482 e. The topological polar surface area (TPSA) is 143 Å². The summed E-state index contributed by atoms with van der Waals surface area (Å²) in [6, 6.07) is 11.8. The number of nitrogen functional groups attached to an aromatic ring is 1. The first-order chi connectivity index (χ1) is 15.3. The number of nitrogens with zero attached hydrogens (tertiary/aromatic N) is 2. The van der Waals surface area contributed by atoms with Crippen molar-refractivity contribution in [3.63, 3.8) is 0 Å². The molecule has 3 rings (SSSR count). The van der Waals surface area contributed by atoms with E-state index in [1.807, 2.05) is 19.1 Å². The van der Waals surface area contributed by atoms with E-state index in [0.717, 1.165) is 5.56 Å². The van der Waals surface area contributed by atoms with Crippen molar-refractivity contribution in [2.24, 2.45) is 0 Å². The molecule has 2 aromatic carbocycles. The second kappa shape index (κ2) is 10.5. The van der Waals surface area contributed by atoms with Crippen molar-refractivity contribution in [3.8, 4) is 5.75 Å². The summed E-state index contributed by atoms with van der Waals surface area (Å²) in [5.41, 5.74) is 17.5. The van der Waals surface area contributed by atoms with Gasteiger partial charge in [-0.3, -0.25) is 31.3 Å². The minimum Gasteiger partial charge on any atom is -0.482 e. The zero-order chi connectivity index (χ0) is 23.1. The highest BCUT2D eigenvalue weighted by atomic mass is 35.5. The van der Waals surface area contributed by atoms with Gasteiger partial charge in [-0.25, -0.2) is 9.97 Å². The van der Waals surface area contributed by atoms with E-state index in [1.165, 1.54) is 12.4 Å². The Morgan fingerprint density at radius 2 is 1.72 bits per heavy atom. The van der Waals surface area contributed by atoms with Crippen LogP contribution >= 0.6 is 23.2 Å². The van der Waals surface area contributed by atoms with Crippen LogP contribution in [0.1, 0.15) is 15.9 Å². The van der Waals surface area contributed by atoms with Crippen LogP contribution in [0.2, 0.25) is 10.0 Å². The maximum Gasteiger partial charge on any atom is 0.276 e. The van der Waals surface area contributed by atoms with Crippen LogP contribution in [0.5, 0.6) is 5.75 Å². The second-order valence-corrected chi connectivity index (χ2v) is 7.26. The van der Waals surface area contributed by atoms with Gasteiger partial charge in [-0.05, 0) is 36.8 Å². The number of hydrogen-bond donors (Lipinski definition) is 5. The van der Waals surface area contributed by atoms with Gasteiger partial charge in [0.25, 0.3) is 11.8 Å². The van der Waals surface area contributed by atoms with E-state index in [-0.39, 0.29) is 34.9 Å². The average Bonchev–Trinajstić information content (AvgIpc) is 2.77. The molecule has 0 aliphatic heterocycles. The molecule has 0 saturated heterocycles. The van der Waals surface area contributed by atoms with Crippen molar-refractivity contribution in [1.29, 1.82) is 0 Å². The molecule has 0 saturated carbocycles. The number of carbonyl (C=O) groups is 2. The van der Waals surface area contributed by atoms with Gasteiger partial charge in [0.05, 0.1) is 5.02 Å². The molecule has 0 spiro atoms. The summed E-state index contributed by atoms with van der Waals surface area (Å²) in [6.07, 6.45) is 1.21. The van der Waals surface area contributed by atoms with E-state index in [1.54, 1.807) is 24.3 Å². The fraction of sp³-hybridized carbons (Fsp3) is 0.100. The van der Waals surface area contributed by atoms with Crippen LogP contribution < -0.4 is 32.2 Å². The van der Waals surface area contributed by atoms with E-state index in [0.29, 0.717) is 16.3 Å². The minimum absolute atomic E-state index is 0.0690. The third-order valence-corrected chi connectivity index (χ3v) is 4.67. The summed E-state index contributed by atoms with van der Waals surface area (Å²) in [5, 5.41) is 0.731. The number of amides is 2. The molecule has 1 heterocycles. The number of hydrazine groups is 2. The molecule has 166 valence electrons. The number of rotatable bonds is 8. The summed E-state index contributed by atoms with van der Waals surface area (Å²) < 4.78 is 5.35. The third-order valence-electron chi connectivity index (χ3n) is 4.14. The fourth-order valence-corrected chi connectivity index (χ4v) is 2.97. The molecule has 12 heteroatoms. The highest BCUT2D eigenvalue weighted by Crippen LogP contribution is 2.27. The van der Waals surface area contributed by atoms with E-state index >= 15 is 0 Å². The smallest absolute Gasteiger partial charge is 0.276 e. The van der Waals surface area contributed by atoms with E-state index in [9.17, 15) is 9.59 Å². The summed E-state index contributed by atoms with van der Waals surface area (Å²) in [5.74, 6) is -0.310. The molecule has 0 radical (unpaired) electrons. The molecule has 0 fully saturated rings. The van der Waals surface area contributed by atoms with Gasteiger partial charge in [-0.2, -0.15) is 0 Å². The highest BCUT2D eigenvalue weighted by Gasteiger charge is 2.12. The molecule has 1 aromatic heterocycles. The Morgan fingerprint density at radius 1 is 1.03 bits per heavy atom. The van der Waals surface area contributed by atoms with Crippen LogP contribution in [-0.4, -0.2) is 28.4 Å². The number of aromatic nitrogens is 2. The lowest BCUT2D eigenvalue weighted by atomic mass is 10.1. The molecule has 0 atom stereocenters. The van der Waals surface area contributed by atoms with Crippen LogP contribution in [0.4, 0.5) is 17.3 Å². The molecule has 0 bridgehead atoms. The van der Waals surface area contributed by atoms with Crippen molar-refractivity contribution < 1.29 is 14.3 Å². The summed E-state index contributed by atoms with van der Waals surface area (Å²) in [6.45, 7) is 1.50. The molecule has 0 aliphatic rings. The van der Waals surface area contributed by atoms with Gasteiger partial charge < -0.3 is 10.5 Å². The van der Waals surface area contributed by atoms with Gasteiger partial charge in [0, 0.05) is 10.6 Å². The minimum atomic E-state index is -0.517. The molecular formula is C20H19Cl2N7O3. The van der Waals surface area contributed by atoms with Gasteiger partial charge in [0.1, 0.15) is 17.8 Å². The van der Waals surface area contributed by atoms with Gasteiger partial charge in [-0.1, -0.05) is 41.4 Å². The van der Waals surface area contributed by atoms with Crippen molar-refractivity contribution in [1.82, 2.24) is 20.8 Å². The molecular weight excluding hydrogens is 457 g/mol. The Bertz CT molecular complexity index is 1140. The van der Waals surface area contributed by atoms with Crippen molar-refractivity contribution in [2.75, 3.05) is 23.2 Å². The van der Waals surface area contributed by atoms with Gasteiger partial charge in [0.15, 0.2) is 18.2 Å². The first kappa shape index (κ1) is 22.9.